The standard InChI is InChI=1S/C23H26BrN5O2S/c1-13-6-8-17(9-7-13)22(31)25-16(4)21-27-28-23(29(21)5)32-12-20(30)26-19-11-15(3)14(2)10-18(19)24/h6-11,16H,12H2,1-5H3,(H,25,31)(H,26,30)/t16-/m1/s1. The molecular weight excluding hydrogens is 490 g/mol. The summed E-state index contributed by atoms with van der Waals surface area (Å²) in [4.78, 5) is 24.9. The average Bonchev–Trinajstić information content (AvgIpc) is 3.11. The smallest absolute Gasteiger partial charge is 0.251 e. The van der Waals surface area contributed by atoms with Crippen LogP contribution in [0.5, 0.6) is 0 Å². The fraction of sp³-hybridized carbons (Fsp3) is 0.304. The first-order chi connectivity index (χ1) is 15.2. The molecule has 0 bridgehead atoms. The summed E-state index contributed by atoms with van der Waals surface area (Å²) < 4.78 is 2.64. The van der Waals surface area contributed by atoms with Crippen LogP contribution in [0.2, 0.25) is 0 Å². The van der Waals surface area contributed by atoms with Crippen LogP contribution in [0.4, 0.5) is 5.69 Å². The number of nitrogens with one attached hydrogen (secondary N) is 2. The van der Waals surface area contributed by atoms with Crippen molar-refractivity contribution < 1.29 is 9.59 Å². The minimum Gasteiger partial charge on any atom is -0.342 e. The minimum atomic E-state index is -0.337. The number of aromatic nitrogens is 3. The van der Waals surface area contributed by atoms with Crippen molar-refractivity contribution in [1.29, 1.82) is 0 Å². The van der Waals surface area contributed by atoms with E-state index in [1.165, 1.54) is 11.8 Å². The highest BCUT2D eigenvalue weighted by molar-refractivity contribution is 9.10. The summed E-state index contributed by atoms with van der Waals surface area (Å²) >= 11 is 4.79. The van der Waals surface area contributed by atoms with Crippen LogP contribution in [0.15, 0.2) is 46.0 Å². The number of halogens is 1. The lowest BCUT2D eigenvalue weighted by molar-refractivity contribution is -0.113. The second-order valence-corrected chi connectivity index (χ2v) is 9.51. The largest absolute Gasteiger partial charge is 0.342 e. The van der Waals surface area contributed by atoms with Gasteiger partial charge in [-0.3, -0.25) is 9.59 Å². The van der Waals surface area contributed by atoms with Crippen molar-refractivity contribution in [2.45, 2.75) is 38.9 Å². The lowest BCUT2D eigenvalue weighted by Crippen LogP contribution is -2.28. The van der Waals surface area contributed by atoms with Gasteiger partial charge in [0, 0.05) is 17.1 Å². The van der Waals surface area contributed by atoms with Crippen molar-refractivity contribution in [2.75, 3.05) is 11.1 Å². The van der Waals surface area contributed by atoms with Gasteiger partial charge >= 0.3 is 0 Å². The third-order valence-corrected chi connectivity index (χ3v) is 6.78. The molecule has 168 valence electrons. The molecule has 1 atom stereocenters. The third kappa shape index (κ3) is 5.77. The fourth-order valence-corrected chi connectivity index (χ4v) is 4.35. The highest BCUT2D eigenvalue weighted by Crippen LogP contribution is 2.27. The zero-order valence-corrected chi connectivity index (χ0v) is 21.1. The Morgan fingerprint density at radius 3 is 2.44 bits per heavy atom. The van der Waals surface area contributed by atoms with Crippen molar-refractivity contribution in [1.82, 2.24) is 20.1 Å². The summed E-state index contributed by atoms with van der Waals surface area (Å²) in [7, 11) is 1.82. The summed E-state index contributed by atoms with van der Waals surface area (Å²) in [6, 6.07) is 11.0. The maximum absolute atomic E-state index is 12.5. The van der Waals surface area contributed by atoms with Crippen LogP contribution in [0.25, 0.3) is 0 Å². The summed E-state index contributed by atoms with van der Waals surface area (Å²) in [5.74, 6) is 0.498. The van der Waals surface area contributed by atoms with Gasteiger partial charge in [-0.1, -0.05) is 29.5 Å². The second kappa shape index (κ2) is 10.3. The van der Waals surface area contributed by atoms with Gasteiger partial charge in [-0.2, -0.15) is 0 Å². The Kier molecular flexibility index (Phi) is 7.73. The summed E-state index contributed by atoms with van der Waals surface area (Å²) in [6.45, 7) is 7.86. The molecule has 2 N–H and O–H groups in total. The maximum atomic E-state index is 12.5. The number of anilines is 1. The van der Waals surface area contributed by atoms with Gasteiger partial charge in [-0.05, 0) is 79.0 Å². The van der Waals surface area contributed by atoms with Gasteiger partial charge in [0.15, 0.2) is 11.0 Å². The molecule has 3 rings (SSSR count). The van der Waals surface area contributed by atoms with Crippen LogP contribution in [0, 0.1) is 20.8 Å². The number of hydrogen-bond acceptors (Lipinski definition) is 5. The molecule has 0 saturated heterocycles. The molecule has 1 heterocycles. The van der Waals surface area contributed by atoms with Gasteiger partial charge in [-0.25, -0.2) is 0 Å². The molecule has 7 nitrogen and oxygen atoms in total. The molecule has 0 aliphatic rings. The van der Waals surface area contributed by atoms with E-state index >= 15 is 0 Å². The summed E-state index contributed by atoms with van der Waals surface area (Å²) in [5, 5.41) is 14.9. The van der Waals surface area contributed by atoms with Crippen LogP contribution >= 0.6 is 27.7 Å². The van der Waals surface area contributed by atoms with Gasteiger partial charge in [-0.15, -0.1) is 10.2 Å². The number of aryl methyl sites for hydroxylation is 3. The number of amides is 2. The molecular formula is C23H26BrN5O2S. The van der Waals surface area contributed by atoms with E-state index in [1.807, 2.05) is 59.0 Å². The maximum Gasteiger partial charge on any atom is 0.251 e. The van der Waals surface area contributed by atoms with E-state index in [4.69, 9.17) is 0 Å². The van der Waals surface area contributed by atoms with E-state index in [-0.39, 0.29) is 23.6 Å². The topological polar surface area (TPSA) is 88.9 Å². The molecule has 0 radical (unpaired) electrons. The van der Waals surface area contributed by atoms with E-state index in [2.05, 4.69) is 36.8 Å². The fourth-order valence-electron chi connectivity index (χ4n) is 3.07. The Hall–Kier alpha value is -2.65. The van der Waals surface area contributed by atoms with E-state index in [0.29, 0.717) is 16.5 Å². The molecule has 3 aromatic rings. The van der Waals surface area contributed by atoms with E-state index < -0.39 is 0 Å². The Bertz CT molecular complexity index is 1140. The first-order valence-corrected chi connectivity index (χ1v) is 11.9. The Morgan fingerprint density at radius 2 is 1.75 bits per heavy atom. The highest BCUT2D eigenvalue weighted by atomic mass is 79.9. The van der Waals surface area contributed by atoms with E-state index in [9.17, 15) is 9.59 Å². The number of carbonyl (C=O) groups excluding carboxylic acids is 2. The van der Waals surface area contributed by atoms with Crippen molar-refractivity contribution in [2.24, 2.45) is 7.05 Å². The molecule has 2 aromatic carbocycles. The quantitative estimate of drug-likeness (QED) is 0.444. The molecule has 0 fully saturated rings. The van der Waals surface area contributed by atoms with Crippen LogP contribution in [-0.2, 0) is 11.8 Å². The Balaban J connectivity index is 1.59. The van der Waals surface area contributed by atoms with Gasteiger partial charge in [0.2, 0.25) is 5.91 Å². The lowest BCUT2D eigenvalue weighted by atomic mass is 10.1. The van der Waals surface area contributed by atoms with Crippen molar-refractivity contribution in [3.63, 3.8) is 0 Å². The number of benzene rings is 2. The molecule has 0 aliphatic carbocycles. The predicted molar refractivity (Wildman–Crippen MR) is 131 cm³/mol. The normalized spacial score (nSPS) is 11.8. The zero-order chi connectivity index (χ0) is 23.4. The van der Waals surface area contributed by atoms with E-state index in [0.717, 1.165) is 26.9 Å². The van der Waals surface area contributed by atoms with Crippen LogP contribution in [0.3, 0.4) is 0 Å². The van der Waals surface area contributed by atoms with Crippen LogP contribution in [0.1, 0.15) is 45.8 Å². The second-order valence-electron chi connectivity index (χ2n) is 7.71. The zero-order valence-electron chi connectivity index (χ0n) is 18.7. The summed E-state index contributed by atoms with van der Waals surface area (Å²) in [5.41, 5.74) is 4.69. The first kappa shape index (κ1) is 24.0. The SMILES string of the molecule is Cc1ccc(C(=O)N[C@H](C)c2nnc(SCC(=O)Nc3cc(C)c(C)cc3Br)n2C)cc1. The van der Waals surface area contributed by atoms with Gasteiger partial charge in [0.05, 0.1) is 17.5 Å². The monoisotopic (exact) mass is 515 g/mol. The highest BCUT2D eigenvalue weighted by Gasteiger charge is 2.19. The summed E-state index contributed by atoms with van der Waals surface area (Å²) in [6.07, 6.45) is 0. The molecule has 1 aromatic heterocycles. The molecule has 0 saturated carbocycles. The Morgan fingerprint density at radius 1 is 1.09 bits per heavy atom. The number of thioether (sulfide) groups is 1. The molecule has 0 spiro atoms. The van der Waals surface area contributed by atoms with Crippen LogP contribution in [-0.4, -0.2) is 32.3 Å². The van der Waals surface area contributed by atoms with Crippen LogP contribution < -0.4 is 10.6 Å². The van der Waals surface area contributed by atoms with Gasteiger partial charge < -0.3 is 15.2 Å². The number of rotatable bonds is 7. The molecule has 0 unspecified atom stereocenters. The first-order valence-electron chi connectivity index (χ1n) is 10.1. The third-order valence-electron chi connectivity index (χ3n) is 5.11. The number of hydrogen-bond donors (Lipinski definition) is 2. The number of carbonyl (C=O) groups is 2. The number of nitrogens with zero attached hydrogens (tertiary/aromatic N) is 3. The van der Waals surface area contributed by atoms with E-state index in [1.54, 1.807) is 16.7 Å². The molecule has 32 heavy (non-hydrogen) atoms. The molecule has 9 heteroatoms. The lowest BCUT2D eigenvalue weighted by Gasteiger charge is -2.14. The average molecular weight is 516 g/mol. The van der Waals surface area contributed by atoms with Gasteiger partial charge in [0.25, 0.3) is 5.91 Å². The Labute approximate surface area is 200 Å². The van der Waals surface area contributed by atoms with Crippen molar-refractivity contribution >= 4 is 45.2 Å². The van der Waals surface area contributed by atoms with Crippen molar-refractivity contribution in [3.05, 3.63) is 68.9 Å². The minimum absolute atomic E-state index is 0.135. The van der Waals surface area contributed by atoms with Gasteiger partial charge in [0.1, 0.15) is 0 Å². The molecule has 2 amide bonds. The van der Waals surface area contributed by atoms with Crippen molar-refractivity contribution in [3.8, 4) is 0 Å². The molecule has 0 aliphatic heterocycles. The predicted octanol–water partition coefficient (Wildman–Crippen LogP) is 4.72.